The minimum absolute atomic E-state index is 0.881. The summed E-state index contributed by atoms with van der Waals surface area (Å²) < 4.78 is 1.91. The van der Waals surface area contributed by atoms with Gasteiger partial charge in [-0.3, -0.25) is 0 Å². The van der Waals surface area contributed by atoms with Crippen LogP contribution in [-0.2, 0) is 6.54 Å². The third-order valence-electron chi connectivity index (χ3n) is 1.98. The second-order valence-corrected chi connectivity index (χ2v) is 2.58. The molecule has 1 heterocycles. The molecule has 12 heavy (non-hydrogen) atoms. The molecule has 4 nitrogen and oxygen atoms in total. The minimum Gasteiger partial charge on any atom is -0.356 e. The van der Waals surface area contributed by atoms with E-state index in [4.69, 9.17) is 0 Å². The first-order valence-electron chi connectivity index (χ1n) is 4.46. The molecular formula is C8H16N4. The Hall–Kier alpha value is -1.06. The summed E-state index contributed by atoms with van der Waals surface area (Å²) in [5.41, 5.74) is 0. The number of aromatic nitrogens is 3. The molecule has 0 aliphatic rings. The van der Waals surface area contributed by atoms with Gasteiger partial charge in [-0.15, -0.1) is 5.10 Å². The zero-order valence-electron chi connectivity index (χ0n) is 7.99. The molecule has 0 N–H and O–H groups in total. The van der Waals surface area contributed by atoms with Gasteiger partial charge >= 0.3 is 0 Å². The third-order valence-corrected chi connectivity index (χ3v) is 1.98. The predicted octanol–water partition coefficient (Wildman–Crippen LogP) is 1.14. The molecule has 4 heteroatoms. The molecule has 0 saturated heterocycles. The van der Waals surface area contributed by atoms with Crippen molar-refractivity contribution in [2.24, 2.45) is 0 Å². The van der Waals surface area contributed by atoms with Crippen LogP contribution in [0.3, 0.4) is 0 Å². The van der Waals surface area contributed by atoms with E-state index in [1.165, 1.54) is 0 Å². The standard InChI is InChI=1S/C8H16N4/c1-4-11(5-2)8-7-9-10-12(8)6-3/h7H,4-6H2,1-3H3. The summed E-state index contributed by atoms with van der Waals surface area (Å²) in [6.07, 6.45) is 1.82. The van der Waals surface area contributed by atoms with Crippen LogP contribution in [0, 0.1) is 0 Å². The first kappa shape index (κ1) is 9.03. The normalized spacial score (nSPS) is 10.2. The Morgan fingerprint density at radius 1 is 1.33 bits per heavy atom. The highest BCUT2D eigenvalue weighted by Gasteiger charge is 2.07. The van der Waals surface area contributed by atoms with E-state index < -0.39 is 0 Å². The van der Waals surface area contributed by atoms with Crippen molar-refractivity contribution in [3.8, 4) is 0 Å². The summed E-state index contributed by atoms with van der Waals surface area (Å²) in [5.74, 6) is 1.11. The SMILES string of the molecule is CCN(CC)c1cnnn1CC. The number of hydrogen-bond donors (Lipinski definition) is 0. The monoisotopic (exact) mass is 168 g/mol. The van der Waals surface area contributed by atoms with E-state index >= 15 is 0 Å². The van der Waals surface area contributed by atoms with Crippen LogP contribution in [0.25, 0.3) is 0 Å². The Bertz CT molecular complexity index is 227. The molecule has 1 rings (SSSR count). The van der Waals surface area contributed by atoms with Crippen molar-refractivity contribution in [1.29, 1.82) is 0 Å². The van der Waals surface area contributed by atoms with Gasteiger partial charge in [0.2, 0.25) is 0 Å². The van der Waals surface area contributed by atoms with Crippen molar-refractivity contribution in [2.45, 2.75) is 27.3 Å². The van der Waals surface area contributed by atoms with Crippen molar-refractivity contribution in [2.75, 3.05) is 18.0 Å². The van der Waals surface area contributed by atoms with Gasteiger partial charge in [0.1, 0.15) is 5.82 Å². The van der Waals surface area contributed by atoms with Gasteiger partial charge in [-0.1, -0.05) is 5.21 Å². The van der Waals surface area contributed by atoms with Crippen molar-refractivity contribution in [3.05, 3.63) is 6.20 Å². The van der Waals surface area contributed by atoms with Crippen LogP contribution in [-0.4, -0.2) is 28.1 Å². The summed E-state index contributed by atoms with van der Waals surface area (Å²) in [4.78, 5) is 2.24. The molecule has 0 saturated carbocycles. The molecule has 0 radical (unpaired) electrons. The first-order chi connectivity index (χ1) is 5.83. The topological polar surface area (TPSA) is 34.0 Å². The molecule has 0 aromatic carbocycles. The number of aryl methyl sites for hydroxylation is 1. The fraction of sp³-hybridized carbons (Fsp3) is 0.750. The van der Waals surface area contributed by atoms with E-state index in [0.717, 1.165) is 25.5 Å². The Morgan fingerprint density at radius 3 is 2.50 bits per heavy atom. The lowest BCUT2D eigenvalue weighted by atomic mass is 10.5. The molecule has 68 valence electrons. The maximum Gasteiger partial charge on any atom is 0.147 e. The van der Waals surface area contributed by atoms with Crippen LogP contribution in [0.5, 0.6) is 0 Å². The molecule has 0 unspecified atom stereocenters. The fourth-order valence-corrected chi connectivity index (χ4v) is 1.27. The second kappa shape index (κ2) is 4.09. The summed E-state index contributed by atoms with van der Waals surface area (Å²) >= 11 is 0. The Labute approximate surface area is 73.2 Å². The van der Waals surface area contributed by atoms with E-state index in [1.807, 2.05) is 10.9 Å². The van der Waals surface area contributed by atoms with Gasteiger partial charge in [-0.05, 0) is 20.8 Å². The highest BCUT2D eigenvalue weighted by Crippen LogP contribution is 2.10. The Kier molecular flexibility index (Phi) is 3.08. The smallest absolute Gasteiger partial charge is 0.147 e. The first-order valence-corrected chi connectivity index (χ1v) is 4.46. The summed E-state index contributed by atoms with van der Waals surface area (Å²) in [6.45, 7) is 9.23. The lowest BCUT2D eigenvalue weighted by molar-refractivity contribution is 0.614. The Balaban J connectivity index is 2.83. The van der Waals surface area contributed by atoms with E-state index in [0.29, 0.717) is 0 Å². The van der Waals surface area contributed by atoms with Gasteiger partial charge in [0, 0.05) is 19.6 Å². The molecule has 0 amide bonds. The van der Waals surface area contributed by atoms with E-state index in [2.05, 4.69) is 36.0 Å². The van der Waals surface area contributed by atoms with Gasteiger partial charge in [0.15, 0.2) is 0 Å². The van der Waals surface area contributed by atoms with Gasteiger partial charge in [-0.2, -0.15) is 0 Å². The predicted molar refractivity (Wildman–Crippen MR) is 49.3 cm³/mol. The van der Waals surface area contributed by atoms with Crippen molar-refractivity contribution in [3.63, 3.8) is 0 Å². The zero-order valence-corrected chi connectivity index (χ0v) is 7.99. The molecule has 0 aliphatic heterocycles. The highest BCUT2D eigenvalue weighted by atomic mass is 15.5. The molecular weight excluding hydrogens is 152 g/mol. The van der Waals surface area contributed by atoms with Crippen molar-refractivity contribution < 1.29 is 0 Å². The van der Waals surface area contributed by atoms with Gasteiger partial charge in [0.05, 0.1) is 6.20 Å². The summed E-state index contributed by atoms with van der Waals surface area (Å²) in [6, 6.07) is 0. The van der Waals surface area contributed by atoms with Crippen LogP contribution in [0.1, 0.15) is 20.8 Å². The van der Waals surface area contributed by atoms with Crippen LogP contribution >= 0.6 is 0 Å². The maximum atomic E-state index is 3.98. The molecule has 0 aliphatic carbocycles. The number of nitrogens with zero attached hydrogens (tertiary/aromatic N) is 4. The van der Waals surface area contributed by atoms with Gasteiger partial charge in [-0.25, -0.2) is 4.68 Å². The van der Waals surface area contributed by atoms with E-state index in [9.17, 15) is 0 Å². The van der Waals surface area contributed by atoms with Gasteiger partial charge in [0.25, 0.3) is 0 Å². The van der Waals surface area contributed by atoms with Crippen LogP contribution < -0.4 is 4.90 Å². The average Bonchev–Trinajstić information content (AvgIpc) is 2.55. The summed E-state index contributed by atoms with van der Waals surface area (Å²) in [5, 5.41) is 7.86. The lowest BCUT2D eigenvalue weighted by Crippen LogP contribution is -2.24. The van der Waals surface area contributed by atoms with E-state index in [1.54, 1.807) is 0 Å². The van der Waals surface area contributed by atoms with Crippen molar-refractivity contribution in [1.82, 2.24) is 15.0 Å². The van der Waals surface area contributed by atoms with E-state index in [-0.39, 0.29) is 0 Å². The summed E-state index contributed by atoms with van der Waals surface area (Å²) in [7, 11) is 0. The molecule has 0 atom stereocenters. The third kappa shape index (κ3) is 1.57. The van der Waals surface area contributed by atoms with Gasteiger partial charge < -0.3 is 4.90 Å². The molecule has 0 spiro atoms. The van der Waals surface area contributed by atoms with Crippen LogP contribution in [0.2, 0.25) is 0 Å². The zero-order chi connectivity index (χ0) is 8.97. The van der Waals surface area contributed by atoms with Crippen molar-refractivity contribution >= 4 is 5.82 Å². The largest absolute Gasteiger partial charge is 0.356 e. The fourth-order valence-electron chi connectivity index (χ4n) is 1.27. The number of rotatable bonds is 4. The van der Waals surface area contributed by atoms with Crippen LogP contribution in [0.4, 0.5) is 5.82 Å². The molecule has 1 aromatic rings. The highest BCUT2D eigenvalue weighted by molar-refractivity contribution is 5.35. The average molecular weight is 168 g/mol. The molecule has 1 aromatic heterocycles. The second-order valence-electron chi connectivity index (χ2n) is 2.58. The minimum atomic E-state index is 0.881. The quantitative estimate of drug-likeness (QED) is 0.676. The molecule has 0 bridgehead atoms. The van der Waals surface area contributed by atoms with Crippen LogP contribution in [0.15, 0.2) is 6.20 Å². The Morgan fingerprint density at radius 2 is 2.00 bits per heavy atom. The lowest BCUT2D eigenvalue weighted by Gasteiger charge is -2.20. The maximum absolute atomic E-state index is 3.98. The number of hydrogen-bond acceptors (Lipinski definition) is 3. The number of anilines is 1. The molecule has 0 fully saturated rings.